The molecule has 0 fully saturated rings. The highest BCUT2D eigenvalue weighted by atomic mass is 35.5. The zero-order chi connectivity index (χ0) is 16.6. The van der Waals surface area contributed by atoms with Gasteiger partial charge in [0.2, 0.25) is 0 Å². The number of hydrogen-bond donors (Lipinski definition) is 2. The Morgan fingerprint density at radius 1 is 1.33 bits per heavy atom. The van der Waals surface area contributed by atoms with E-state index in [0.29, 0.717) is 24.5 Å². The quantitative estimate of drug-likeness (QED) is 0.738. The molecule has 2 heterocycles. The first kappa shape index (κ1) is 18.4. The molecule has 3 aromatic rings. The van der Waals surface area contributed by atoms with E-state index in [2.05, 4.69) is 9.97 Å². The SMILES string of the molecule is CCOC[C@@H](n1cnc2c(N)nc3ccccc3c21)C(C)(C)O.Cl. The number of rotatable bonds is 5. The second-order valence-corrected chi connectivity index (χ2v) is 6.19. The topological polar surface area (TPSA) is 86.2 Å². The van der Waals surface area contributed by atoms with Gasteiger partial charge in [0.15, 0.2) is 5.82 Å². The Kier molecular flexibility index (Phi) is 5.32. The number of aromatic nitrogens is 3. The van der Waals surface area contributed by atoms with E-state index in [1.807, 2.05) is 35.8 Å². The third-order valence-electron chi connectivity index (χ3n) is 4.07. The number of pyridine rings is 1. The average molecular weight is 351 g/mol. The summed E-state index contributed by atoms with van der Waals surface area (Å²) < 4.78 is 7.53. The smallest absolute Gasteiger partial charge is 0.152 e. The number of halogens is 1. The molecule has 0 saturated heterocycles. The number of nitrogen functional groups attached to an aromatic ring is 1. The fourth-order valence-electron chi connectivity index (χ4n) is 2.86. The van der Waals surface area contributed by atoms with Crippen LogP contribution in [0, 0.1) is 0 Å². The second-order valence-electron chi connectivity index (χ2n) is 6.19. The van der Waals surface area contributed by atoms with Crippen molar-refractivity contribution in [3.05, 3.63) is 30.6 Å². The molecule has 0 saturated carbocycles. The molecule has 24 heavy (non-hydrogen) atoms. The first-order chi connectivity index (χ1) is 10.9. The fourth-order valence-corrected chi connectivity index (χ4v) is 2.86. The van der Waals surface area contributed by atoms with Crippen LogP contribution in [-0.2, 0) is 4.74 Å². The predicted molar refractivity (Wildman–Crippen MR) is 98.5 cm³/mol. The third-order valence-corrected chi connectivity index (χ3v) is 4.07. The van der Waals surface area contributed by atoms with Crippen molar-refractivity contribution < 1.29 is 9.84 Å². The van der Waals surface area contributed by atoms with Crippen LogP contribution in [0.25, 0.3) is 21.9 Å². The van der Waals surface area contributed by atoms with Gasteiger partial charge in [-0.15, -0.1) is 12.4 Å². The van der Waals surface area contributed by atoms with Crippen molar-refractivity contribution in [2.45, 2.75) is 32.4 Å². The lowest BCUT2D eigenvalue weighted by atomic mass is 9.99. The van der Waals surface area contributed by atoms with Crippen LogP contribution in [0.2, 0.25) is 0 Å². The van der Waals surface area contributed by atoms with Crippen LogP contribution < -0.4 is 5.73 Å². The first-order valence-electron chi connectivity index (χ1n) is 7.74. The molecule has 0 aliphatic heterocycles. The van der Waals surface area contributed by atoms with Crippen molar-refractivity contribution in [3.63, 3.8) is 0 Å². The molecule has 0 unspecified atom stereocenters. The lowest BCUT2D eigenvalue weighted by Crippen LogP contribution is -2.36. The van der Waals surface area contributed by atoms with Crippen LogP contribution in [0.1, 0.15) is 26.8 Å². The maximum atomic E-state index is 10.6. The Morgan fingerprint density at radius 3 is 2.71 bits per heavy atom. The minimum Gasteiger partial charge on any atom is -0.388 e. The van der Waals surface area contributed by atoms with Gasteiger partial charge in [0.1, 0.15) is 5.52 Å². The summed E-state index contributed by atoms with van der Waals surface area (Å²) >= 11 is 0. The van der Waals surface area contributed by atoms with E-state index in [9.17, 15) is 5.11 Å². The number of aliphatic hydroxyl groups is 1. The van der Waals surface area contributed by atoms with Crippen LogP contribution >= 0.6 is 12.4 Å². The molecule has 0 bridgehead atoms. The van der Waals surface area contributed by atoms with E-state index >= 15 is 0 Å². The number of nitrogens with two attached hydrogens (primary N) is 1. The van der Waals surface area contributed by atoms with Gasteiger partial charge in [-0.25, -0.2) is 9.97 Å². The number of benzene rings is 1. The van der Waals surface area contributed by atoms with Crippen LogP contribution in [-0.4, -0.2) is 38.5 Å². The molecular formula is C17H23ClN4O2. The highest BCUT2D eigenvalue weighted by Crippen LogP contribution is 2.32. The Hall–Kier alpha value is -1.89. The summed E-state index contributed by atoms with van der Waals surface area (Å²) in [7, 11) is 0. The van der Waals surface area contributed by atoms with Crippen LogP contribution in [0.15, 0.2) is 30.6 Å². The van der Waals surface area contributed by atoms with Gasteiger partial charge < -0.3 is 20.1 Å². The number of hydrogen-bond acceptors (Lipinski definition) is 5. The summed E-state index contributed by atoms with van der Waals surface area (Å²) in [5.41, 5.74) is 7.43. The molecule has 3 rings (SSSR count). The summed E-state index contributed by atoms with van der Waals surface area (Å²) in [6.07, 6.45) is 1.71. The lowest BCUT2D eigenvalue weighted by molar-refractivity contribution is -0.0181. The van der Waals surface area contributed by atoms with Crippen molar-refractivity contribution >= 4 is 40.2 Å². The van der Waals surface area contributed by atoms with Crippen molar-refractivity contribution in [2.24, 2.45) is 0 Å². The minimum absolute atomic E-state index is 0. The van der Waals surface area contributed by atoms with E-state index < -0.39 is 5.60 Å². The lowest BCUT2D eigenvalue weighted by Gasteiger charge is -2.31. The Morgan fingerprint density at radius 2 is 2.04 bits per heavy atom. The molecular weight excluding hydrogens is 328 g/mol. The normalized spacial score (nSPS) is 13.2. The van der Waals surface area contributed by atoms with Crippen LogP contribution in [0.3, 0.4) is 0 Å². The molecule has 0 aliphatic carbocycles. The van der Waals surface area contributed by atoms with Crippen molar-refractivity contribution in [1.82, 2.24) is 14.5 Å². The number of ether oxygens (including phenoxy) is 1. The number of nitrogens with zero attached hydrogens (tertiary/aromatic N) is 3. The molecule has 0 spiro atoms. The van der Waals surface area contributed by atoms with E-state index in [-0.39, 0.29) is 18.4 Å². The summed E-state index contributed by atoms with van der Waals surface area (Å²) in [5.74, 6) is 0.392. The van der Waals surface area contributed by atoms with E-state index in [4.69, 9.17) is 10.5 Å². The maximum Gasteiger partial charge on any atom is 0.152 e. The number of imidazole rings is 1. The molecule has 1 atom stereocenters. The second kappa shape index (κ2) is 6.93. The predicted octanol–water partition coefficient (Wildman–Crippen LogP) is 2.94. The Labute approximate surface area is 147 Å². The summed E-state index contributed by atoms with van der Waals surface area (Å²) in [5, 5.41) is 11.6. The largest absolute Gasteiger partial charge is 0.388 e. The summed E-state index contributed by atoms with van der Waals surface area (Å²) in [6, 6.07) is 7.51. The summed E-state index contributed by atoms with van der Waals surface area (Å²) in [4.78, 5) is 8.83. The molecule has 2 aromatic heterocycles. The maximum absolute atomic E-state index is 10.6. The van der Waals surface area contributed by atoms with E-state index in [0.717, 1.165) is 16.4 Å². The number of fused-ring (bicyclic) bond motifs is 3. The number of para-hydroxylation sites is 1. The first-order valence-corrected chi connectivity index (χ1v) is 7.74. The number of anilines is 1. The van der Waals surface area contributed by atoms with Crippen molar-refractivity contribution in [3.8, 4) is 0 Å². The van der Waals surface area contributed by atoms with Gasteiger partial charge in [0.25, 0.3) is 0 Å². The van der Waals surface area contributed by atoms with Gasteiger partial charge in [-0.2, -0.15) is 0 Å². The van der Waals surface area contributed by atoms with Crippen LogP contribution in [0.4, 0.5) is 5.82 Å². The molecule has 6 nitrogen and oxygen atoms in total. The molecule has 0 amide bonds. The van der Waals surface area contributed by atoms with Crippen molar-refractivity contribution in [2.75, 3.05) is 18.9 Å². The molecule has 1 aromatic carbocycles. The highest BCUT2D eigenvalue weighted by Gasteiger charge is 2.30. The Balaban J connectivity index is 0.00000208. The minimum atomic E-state index is -0.970. The zero-order valence-corrected chi connectivity index (χ0v) is 14.9. The van der Waals surface area contributed by atoms with Gasteiger partial charge in [0, 0.05) is 12.0 Å². The van der Waals surface area contributed by atoms with Gasteiger partial charge in [-0.3, -0.25) is 0 Å². The monoisotopic (exact) mass is 350 g/mol. The standard InChI is InChI=1S/C17H22N4O2.ClH/c1-4-23-9-13(17(2,3)22)21-10-19-14-15(21)11-7-5-6-8-12(11)20-16(14)18;/h5-8,10,13,22H,4,9H2,1-3H3,(H2,18,20);1H/t13-;/m1./s1. The van der Waals surface area contributed by atoms with Crippen molar-refractivity contribution in [1.29, 1.82) is 0 Å². The molecule has 7 heteroatoms. The Bertz CT molecular complexity index is 842. The van der Waals surface area contributed by atoms with E-state index in [1.54, 1.807) is 20.2 Å². The fraction of sp³-hybridized carbons (Fsp3) is 0.412. The molecule has 3 N–H and O–H groups in total. The van der Waals surface area contributed by atoms with E-state index in [1.165, 1.54) is 0 Å². The molecule has 130 valence electrons. The van der Waals surface area contributed by atoms with Gasteiger partial charge >= 0.3 is 0 Å². The van der Waals surface area contributed by atoms with Gasteiger partial charge in [-0.1, -0.05) is 18.2 Å². The molecule has 0 radical (unpaired) electrons. The average Bonchev–Trinajstić information content (AvgIpc) is 2.92. The summed E-state index contributed by atoms with van der Waals surface area (Å²) in [6.45, 7) is 6.46. The van der Waals surface area contributed by atoms with Crippen LogP contribution in [0.5, 0.6) is 0 Å². The van der Waals surface area contributed by atoms with Gasteiger partial charge in [0.05, 0.1) is 35.6 Å². The zero-order valence-electron chi connectivity index (χ0n) is 14.1. The highest BCUT2D eigenvalue weighted by molar-refractivity contribution is 6.06. The van der Waals surface area contributed by atoms with Gasteiger partial charge in [-0.05, 0) is 26.8 Å². The molecule has 0 aliphatic rings. The third kappa shape index (κ3) is 3.17.